The number of likely N-dealkylation sites (tertiary alicyclic amines) is 1. The van der Waals surface area contributed by atoms with Crippen molar-refractivity contribution in [2.45, 2.75) is 32.2 Å². The maximum absolute atomic E-state index is 13.8. The van der Waals surface area contributed by atoms with Crippen molar-refractivity contribution >= 4 is 29.2 Å². The number of rotatable bonds is 7. The number of likely N-dealkylation sites (N-methyl/N-ethyl adjacent to an activating group) is 1. The van der Waals surface area contributed by atoms with Gasteiger partial charge < -0.3 is 29.7 Å². The molecular weight excluding hydrogens is 458 g/mol. The van der Waals surface area contributed by atoms with Crippen molar-refractivity contribution in [2.24, 2.45) is 0 Å². The van der Waals surface area contributed by atoms with Gasteiger partial charge in [-0.15, -0.1) is 0 Å². The van der Waals surface area contributed by atoms with Crippen molar-refractivity contribution in [3.8, 4) is 5.75 Å². The Morgan fingerprint density at radius 3 is 2.22 bits per heavy atom. The van der Waals surface area contributed by atoms with E-state index in [0.717, 1.165) is 11.4 Å². The van der Waals surface area contributed by atoms with Crippen LogP contribution in [0.1, 0.15) is 26.7 Å². The fourth-order valence-corrected chi connectivity index (χ4v) is 5.12. The van der Waals surface area contributed by atoms with E-state index >= 15 is 0 Å². The van der Waals surface area contributed by atoms with Crippen LogP contribution in [0.25, 0.3) is 0 Å². The molecule has 192 valence electrons. The summed E-state index contributed by atoms with van der Waals surface area (Å²) in [5, 5.41) is 2.93. The molecule has 9 heteroatoms. The average molecular weight is 494 g/mol. The first-order chi connectivity index (χ1) is 17.4. The number of piperidine rings is 1. The molecule has 0 aliphatic carbocycles. The fraction of sp³-hybridized carbons (Fsp3) is 0.444. The molecular formula is C27H35N5O4. The predicted molar refractivity (Wildman–Crippen MR) is 139 cm³/mol. The lowest BCUT2D eigenvalue weighted by Crippen LogP contribution is -2.58. The number of nitrogens with one attached hydrogen (secondary N) is 1. The van der Waals surface area contributed by atoms with Gasteiger partial charge in [0, 0.05) is 37.6 Å². The minimum Gasteiger partial charge on any atom is -0.497 e. The van der Waals surface area contributed by atoms with Gasteiger partial charge in [-0.25, -0.2) is 4.79 Å². The maximum atomic E-state index is 13.8. The molecule has 36 heavy (non-hydrogen) atoms. The number of methoxy groups -OCH3 is 1. The van der Waals surface area contributed by atoms with Gasteiger partial charge in [0.05, 0.1) is 13.8 Å². The molecule has 1 spiro atoms. The van der Waals surface area contributed by atoms with E-state index in [0.29, 0.717) is 51.4 Å². The molecule has 1 N–H and O–H groups in total. The summed E-state index contributed by atoms with van der Waals surface area (Å²) in [5.41, 5.74) is 0.853. The first kappa shape index (κ1) is 25.3. The SMILES string of the molecule is CCN(CC)C(=O)CN1CN(c2ccccc2)C2(CCN(C(=O)Nc3ccc(OC)cc3)CC2)C1=O. The van der Waals surface area contributed by atoms with Crippen molar-refractivity contribution in [2.75, 3.05) is 56.7 Å². The number of amides is 4. The van der Waals surface area contributed by atoms with E-state index in [1.807, 2.05) is 44.2 Å². The largest absolute Gasteiger partial charge is 0.497 e. The van der Waals surface area contributed by atoms with Gasteiger partial charge in [-0.1, -0.05) is 18.2 Å². The summed E-state index contributed by atoms with van der Waals surface area (Å²) >= 11 is 0. The van der Waals surface area contributed by atoms with Gasteiger partial charge in [0.2, 0.25) is 5.91 Å². The number of ether oxygens (including phenoxy) is 1. The Morgan fingerprint density at radius 1 is 1.00 bits per heavy atom. The number of hydrogen-bond donors (Lipinski definition) is 1. The number of anilines is 2. The van der Waals surface area contributed by atoms with E-state index < -0.39 is 5.54 Å². The molecule has 0 aromatic heterocycles. The van der Waals surface area contributed by atoms with Crippen LogP contribution >= 0.6 is 0 Å². The van der Waals surface area contributed by atoms with Crippen molar-refractivity contribution in [3.63, 3.8) is 0 Å². The van der Waals surface area contributed by atoms with E-state index in [2.05, 4.69) is 10.2 Å². The van der Waals surface area contributed by atoms with Crippen molar-refractivity contribution in [1.29, 1.82) is 0 Å². The Hall–Kier alpha value is -3.75. The molecule has 4 amide bonds. The maximum Gasteiger partial charge on any atom is 0.321 e. The Morgan fingerprint density at radius 2 is 1.64 bits per heavy atom. The minimum atomic E-state index is -0.776. The normalized spacial score (nSPS) is 16.9. The van der Waals surface area contributed by atoms with E-state index in [1.54, 1.807) is 46.1 Å². The Balaban J connectivity index is 1.49. The smallest absolute Gasteiger partial charge is 0.321 e. The zero-order valence-electron chi connectivity index (χ0n) is 21.3. The molecule has 0 radical (unpaired) electrons. The molecule has 2 aliphatic heterocycles. The highest BCUT2D eigenvalue weighted by Crippen LogP contribution is 2.39. The third kappa shape index (κ3) is 4.96. The van der Waals surface area contributed by atoms with Crippen LogP contribution in [0.3, 0.4) is 0 Å². The number of carbonyl (C=O) groups excluding carboxylic acids is 3. The van der Waals surface area contributed by atoms with Gasteiger partial charge >= 0.3 is 6.03 Å². The second-order valence-electron chi connectivity index (χ2n) is 9.15. The van der Waals surface area contributed by atoms with Crippen LogP contribution < -0.4 is 15.0 Å². The van der Waals surface area contributed by atoms with Crippen molar-refractivity contribution in [1.82, 2.24) is 14.7 Å². The highest BCUT2D eigenvalue weighted by Gasteiger charge is 2.54. The molecule has 2 fully saturated rings. The summed E-state index contributed by atoms with van der Waals surface area (Å²) in [6.45, 7) is 6.41. The summed E-state index contributed by atoms with van der Waals surface area (Å²) in [6, 6.07) is 16.8. The minimum absolute atomic E-state index is 0.0397. The second-order valence-corrected chi connectivity index (χ2v) is 9.15. The molecule has 2 aliphatic rings. The number of hydrogen-bond acceptors (Lipinski definition) is 5. The Bertz CT molecular complexity index is 1060. The predicted octanol–water partition coefficient (Wildman–Crippen LogP) is 3.24. The van der Waals surface area contributed by atoms with E-state index in [4.69, 9.17) is 4.74 Å². The lowest BCUT2D eigenvalue weighted by molar-refractivity contribution is -0.140. The molecule has 0 bridgehead atoms. The third-order valence-corrected chi connectivity index (χ3v) is 7.24. The molecule has 0 unspecified atom stereocenters. The summed E-state index contributed by atoms with van der Waals surface area (Å²) in [4.78, 5) is 46.8. The molecule has 0 saturated carbocycles. The van der Waals surface area contributed by atoms with Gasteiger partial charge in [-0.05, 0) is 63.1 Å². The summed E-state index contributed by atoms with van der Waals surface area (Å²) in [7, 11) is 1.60. The highest BCUT2D eigenvalue weighted by atomic mass is 16.5. The van der Waals surface area contributed by atoms with Crippen molar-refractivity contribution < 1.29 is 19.1 Å². The van der Waals surface area contributed by atoms with Crippen LogP contribution in [0.4, 0.5) is 16.2 Å². The molecule has 9 nitrogen and oxygen atoms in total. The third-order valence-electron chi connectivity index (χ3n) is 7.24. The van der Waals surface area contributed by atoms with E-state index in [1.165, 1.54) is 0 Å². The molecule has 0 atom stereocenters. The van der Waals surface area contributed by atoms with Gasteiger partial charge in [0.15, 0.2) is 0 Å². The number of benzene rings is 2. The number of para-hydroxylation sites is 1. The topological polar surface area (TPSA) is 85.4 Å². The second kappa shape index (κ2) is 10.9. The summed E-state index contributed by atoms with van der Waals surface area (Å²) in [6.07, 6.45) is 0.986. The summed E-state index contributed by atoms with van der Waals surface area (Å²) in [5.74, 6) is 0.634. The standard InChI is InChI=1S/C27H35N5O4/c1-4-29(5-2)24(33)19-31-20-32(22-9-7-6-8-10-22)27(25(31)34)15-17-30(18-16-27)26(35)28-21-11-13-23(36-3)14-12-21/h6-14H,4-5,15-20H2,1-3H3,(H,28,35). The first-order valence-corrected chi connectivity index (χ1v) is 12.5. The van der Waals surface area contributed by atoms with Crippen LogP contribution in [-0.4, -0.2) is 84.6 Å². The van der Waals surface area contributed by atoms with Gasteiger partial charge in [-0.3, -0.25) is 9.59 Å². The number of nitrogens with zero attached hydrogens (tertiary/aromatic N) is 4. The van der Waals surface area contributed by atoms with Crippen LogP contribution in [0.5, 0.6) is 5.75 Å². The molecule has 2 saturated heterocycles. The molecule has 2 heterocycles. The molecule has 2 aromatic carbocycles. The summed E-state index contributed by atoms with van der Waals surface area (Å²) < 4.78 is 5.17. The monoisotopic (exact) mass is 493 g/mol. The van der Waals surface area contributed by atoms with Crippen molar-refractivity contribution in [3.05, 3.63) is 54.6 Å². The van der Waals surface area contributed by atoms with Gasteiger partial charge in [0.25, 0.3) is 5.91 Å². The quantitative estimate of drug-likeness (QED) is 0.640. The number of carbonyl (C=O) groups is 3. The van der Waals surface area contributed by atoms with Crippen LogP contribution in [0.15, 0.2) is 54.6 Å². The Labute approximate surface area is 212 Å². The zero-order chi connectivity index (χ0) is 25.7. The number of urea groups is 1. The van der Waals surface area contributed by atoms with E-state index in [9.17, 15) is 14.4 Å². The average Bonchev–Trinajstić information content (AvgIpc) is 3.16. The van der Waals surface area contributed by atoms with Crippen LogP contribution in [0.2, 0.25) is 0 Å². The van der Waals surface area contributed by atoms with Crippen LogP contribution in [0, 0.1) is 0 Å². The first-order valence-electron chi connectivity index (χ1n) is 12.5. The zero-order valence-corrected chi connectivity index (χ0v) is 21.3. The lowest BCUT2D eigenvalue weighted by atomic mass is 9.85. The Kier molecular flexibility index (Phi) is 7.67. The van der Waals surface area contributed by atoms with Crippen LogP contribution in [-0.2, 0) is 9.59 Å². The lowest BCUT2D eigenvalue weighted by Gasteiger charge is -2.43. The van der Waals surface area contributed by atoms with Gasteiger partial charge in [0.1, 0.15) is 17.8 Å². The fourth-order valence-electron chi connectivity index (χ4n) is 5.12. The molecule has 2 aromatic rings. The van der Waals surface area contributed by atoms with E-state index in [-0.39, 0.29) is 24.4 Å². The van der Waals surface area contributed by atoms with Gasteiger partial charge in [-0.2, -0.15) is 0 Å². The highest BCUT2D eigenvalue weighted by molar-refractivity contribution is 5.97. The molecule has 4 rings (SSSR count).